The average Bonchev–Trinajstić information content (AvgIpc) is 1.84. The fourth-order valence-corrected chi connectivity index (χ4v) is 0.250. The Labute approximate surface area is 47.1 Å². The number of rotatable bonds is 2. The second-order valence-corrected chi connectivity index (χ2v) is 1.31. The van der Waals surface area contributed by atoms with E-state index in [0.29, 0.717) is 0 Å². The minimum absolute atomic E-state index is 0.528. The van der Waals surface area contributed by atoms with Crippen LogP contribution in [0.5, 0.6) is 0 Å². The molecule has 0 heterocycles. The summed E-state index contributed by atoms with van der Waals surface area (Å²) in [6.45, 7) is -0.528. The van der Waals surface area contributed by atoms with Crippen LogP contribution in [0.4, 0.5) is 0 Å². The van der Waals surface area contributed by atoms with E-state index in [2.05, 4.69) is 5.32 Å². The summed E-state index contributed by atoms with van der Waals surface area (Å²) in [5.41, 5.74) is 0. The molecule has 0 aliphatic heterocycles. The molecule has 0 fully saturated rings. The Morgan fingerprint density at radius 2 is 2.38 bits per heavy atom. The smallest absolute Gasteiger partial charge is 0.250 e. The Balaban J connectivity index is 3.46. The topological polar surface area (TPSA) is 69.6 Å². The van der Waals surface area contributed by atoms with Crippen LogP contribution >= 0.6 is 0 Å². The minimum atomic E-state index is -1.28. The SMILES string of the molecule is CNC(=O)[C@H](O)CO. The van der Waals surface area contributed by atoms with Crippen LogP contribution in [-0.2, 0) is 4.79 Å². The van der Waals surface area contributed by atoms with Gasteiger partial charge in [0.15, 0.2) is 6.10 Å². The van der Waals surface area contributed by atoms with E-state index in [1.165, 1.54) is 7.05 Å². The molecule has 0 aliphatic carbocycles. The van der Waals surface area contributed by atoms with Gasteiger partial charge in [-0.2, -0.15) is 0 Å². The zero-order valence-corrected chi connectivity index (χ0v) is 4.59. The lowest BCUT2D eigenvalue weighted by Gasteiger charge is -2.02. The molecule has 0 bridgehead atoms. The Morgan fingerprint density at radius 1 is 1.88 bits per heavy atom. The van der Waals surface area contributed by atoms with Crippen molar-refractivity contribution in [2.75, 3.05) is 13.7 Å². The van der Waals surface area contributed by atoms with E-state index in [0.717, 1.165) is 0 Å². The van der Waals surface area contributed by atoms with Crippen LogP contribution < -0.4 is 5.32 Å². The van der Waals surface area contributed by atoms with Gasteiger partial charge in [0.25, 0.3) is 5.91 Å². The van der Waals surface area contributed by atoms with E-state index in [1.54, 1.807) is 0 Å². The molecule has 0 aliphatic rings. The van der Waals surface area contributed by atoms with Gasteiger partial charge in [-0.15, -0.1) is 0 Å². The molecule has 1 amide bonds. The lowest BCUT2D eigenvalue weighted by atomic mass is 10.4. The molecule has 48 valence electrons. The fraction of sp³-hybridized carbons (Fsp3) is 0.750. The second kappa shape index (κ2) is 3.40. The van der Waals surface area contributed by atoms with E-state index in [4.69, 9.17) is 10.2 Å². The Morgan fingerprint density at radius 3 is 2.50 bits per heavy atom. The largest absolute Gasteiger partial charge is 0.393 e. The van der Waals surface area contributed by atoms with Gasteiger partial charge in [0, 0.05) is 7.05 Å². The maximum atomic E-state index is 10.2. The summed E-state index contributed by atoms with van der Waals surface area (Å²) >= 11 is 0. The van der Waals surface area contributed by atoms with Gasteiger partial charge in [0.1, 0.15) is 0 Å². The number of amides is 1. The van der Waals surface area contributed by atoms with Crippen LogP contribution in [0.25, 0.3) is 0 Å². The number of aliphatic hydroxyl groups is 2. The van der Waals surface area contributed by atoms with Crippen molar-refractivity contribution in [1.29, 1.82) is 0 Å². The Bertz CT molecular complexity index is 83.4. The van der Waals surface area contributed by atoms with Crippen molar-refractivity contribution in [3.8, 4) is 0 Å². The Kier molecular flexibility index (Phi) is 3.14. The summed E-state index contributed by atoms with van der Waals surface area (Å²) in [4.78, 5) is 10.2. The van der Waals surface area contributed by atoms with Crippen molar-refractivity contribution in [3.63, 3.8) is 0 Å². The molecule has 0 rings (SSSR count). The van der Waals surface area contributed by atoms with Gasteiger partial charge in [-0.05, 0) is 0 Å². The standard InChI is InChI=1S/C4H9NO3/c1-5-4(8)3(7)2-6/h3,6-7H,2H2,1H3,(H,5,8)/t3-/m1/s1. The minimum Gasteiger partial charge on any atom is -0.393 e. The predicted molar refractivity (Wildman–Crippen MR) is 27.2 cm³/mol. The van der Waals surface area contributed by atoms with Crippen molar-refractivity contribution >= 4 is 5.91 Å². The molecule has 4 nitrogen and oxygen atoms in total. The van der Waals surface area contributed by atoms with E-state index < -0.39 is 18.6 Å². The van der Waals surface area contributed by atoms with Gasteiger partial charge in [0.05, 0.1) is 6.61 Å². The summed E-state index contributed by atoms with van der Waals surface area (Å²) in [5, 5.41) is 18.8. The first-order valence-electron chi connectivity index (χ1n) is 2.23. The van der Waals surface area contributed by atoms with Crippen LogP contribution in [0.2, 0.25) is 0 Å². The highest BCUT2D eigenvalue weighted by Crippen LogP contribution is 1.76. The number of carbonyl (C=O) groups is 1. The van der Waals surface area contributed by atoms with Crippen LogP contribution in [0, 0.1) is 0 Å². The number of likely N-dealkylation sites (N-methyl/N-ethyl adjacent to an activating group) is 1. The average molecular weight is 119 g/mol. The van der Waals surface area contributed by atoms with Crippen molar-refractivity contribution < 1.29 is 15.0 Å². The van der Waals surface area contributed by atoms with Crippen LogP contribution in [0.1, 0.15) is 0 Å². The summed E-state index contributed by atoms with van der Waals surface area (Å²) in [6.07, 6.45) is -1.28. The molecule has 0 aromatic rings. The highest BCUT2D eigenvalue weighted by atomic mass is 16.3. The third-order valence-corrected chi connectivity index (χ3v) is 0.722. The molecular weight excluding hydrogens is 110 g/mol. The maximum Gasteiger partial charge on any atom is 0.250 e. The summed E-state index contributed by atoms with van der Waals surface area (Å²) < 4.78 is 0. The zero-order valence-electron chi connectivity index (χ0n) is 4.59. The highest BCUT2D eigenvalue weighted by molar-refractivity contribution is 5.80. The molecule has 0 aromatic carbocycles. The molecule has 0 aromatic heterocycles. The quantitative estimate of drug-likeness (QED) is 0.397. The summed E-state index contributed by atoms with van der Waals surface area (Å²) in [7, 11) is 1.39. The van der Waals surface area contributed by atoms with Gasteiger partial charge in [0.2, 0.25) is 0 Å². The molecule has 8 heavy (non-hydrogen) atoms. The van der Waals surface area contributed by atoms with E-state index in [1.807, 2.05) is 0 Å². The van der Waals surface area contributed by atoms with Crippen molar-refractivity contribution in [2.24, 2.45) is 0 Å². The van der Waals surface area contributed by atoms with Crippen molar-refractivity contribution in [3.05, 3.63) is 0 Å². The van der Waals surface area contributed by atoms with Crippen LogP contribution in [0.3, 0.4) is 0 Å². The normalized spacial score (nSPS) is 12.9. The molecule has 0 spiro atoms. The van der Waals surface area contributed by atoms with Crippen LogP contribution in [-0.4, -0.2) is 35.9 Å². The molecule has 1 atom stereocenters. The van der Waals surface area contributed by atoms with Crippen molar-refractivity contribution in [1.82, 2.24) is 5.32 Å². The molecule has 4 heteroatoms. The molecule has 0 saturated carbocycles. The molecule has 3 N–H and O–H groups in total. The van der Waals surface area contributed by atoms with Gasteiger partial charge in [-0.1, -0.05) is 0 Å². The van der Waals surface area contributed by atoms with Gasteiger partial charge < -0.3 is 15.5 Å². The molecule has 0 radical (unpaired) electrons. The molecule has 0 saturated heterocycles. The number of hydrogen-bond donors (Lipinski definition) is 3. The third-order valence-electron chi connectivity index (χ3n) is 0.722. The Hall–Kier alpha value is -0.610. The van der Waals surface area contributed by atoms with E-state index in [-0.39, 0.29) is 0 Å². The molecular formula is C4H9NO3. The van der Waals surface area contributed by atoms with Crippen molar-refractivity contribution in [2.45, 2.75) is 6.10 Å². The number of aliphatic hydroxyl groups excluding tert-OH is 2. The van der Waals surface area contributed by atoms with E-state index in [9.17, 15) is 4.79 Å². The van der Waals surface area contributed by atoms with E-state index >= 15 is 0 Å². The lowest BCUT2D eigenvalue weighted by molar-refractivity contribution is -0.130. The fourth-order valence-electron chi connectivity index (χ4n) is 0.250. The first-order chi connectivity index (χ1) is 3.72. The number of hydrogen-bond acceptors (Lipinski definition) is 3. The maximum absolute atomic E-state index is 10.2. The van der Waals surface area contributed by atoms with Gasteiger partial charge in [-0.25, -0.2) is 0 Å². The predicted octanol–water partition coefficient (Wildman–Crippen LogP) is -1.91. The zero-order chi connectivity index (χ0) is 6.57. The third kappa shape index (κ3) is 1.90. The monoisotopic (exact) mass is 119 g/mol. The lowest BCUT2D eigenvalue weighted by Crippen LogP contribution is -2.34. The second-order valence-electron chi connectivity index (χ2n) is 1.31. The highest BCUT2D eigenvalue weighted by Gasteiger charge is 2.09. The molecule has 0 unspecified atom stereocenters. The number of carbonyl (C=O) groups excluding carboxylic acids is 1. The number of nitrogens with one attached hydrogen (secondary N) is 1. The van der Waals surface area contributed by atoms with Gasteiger partial charge in [-0.3, -0.25) is 4.79 Å². The first-order valence-corrected chi connectivity index (χ1v) is 2.23. The summed E-state index contributed by atoms with van der Waals surface area (Å²) in [5.74, 6) is -0.562. The summed E-state index contributed by atoms with van der Waals surface area (Å²) in [6, 6.07) is 0. The van der Waals surface area contributed by atoms with Gasteiger partial charge >= 0.3 is 0 Å². The first kappa shape index (κ1) is 7.39. The van der Waals surface area contributed by atoms with Crippen LogP contribution in [0.15, 0.2) is 0 Å².